The van der Waals surface area contributed by atoms with Gasteiger partial charge in [-0.15, -0.1) is 0 Å². The molecule has 0 atom stereocenters. The van der Waals surface area contributed by atoms with E-state index in [-0.39, 0.29) is 52.1 Å². The van der Waals surface area contributed by atoms with Crippen molar-refractivity contribution < 1.29 is 20.4 Å². The van der Waals surface area contributed by atoms with Crippen molar-refractivity contribution in [2.45, 2.75) is 38.5 Å². The molecule has 0 nitrogen and oxygen atoms in total. The molecule has 5 heteroatoms. The van der Waals surface area contributed by atoms with Crippen molar-refractivity contribution in [3.8, 4) is 0 Å². The van der Waals surface area contributed by atoms with E-state index in [4.69, 9.17) is 0 Å². The van der Waals surface area contributed by atoms with Crippen LogP contribution in [-0.2, 0) is 20.4 Å². The minimum absolute atomic E-state index is 0. The average molecular weight is 987 g/mol. The molecule has 0 amide bonds. The van der Waals surface area contributed by atoms with Crippen LogP contribution >= 0.6 is 31.7 Å². The third-order valence-electron chi connectivity index (χ3n) is 11.1. The Morgan fingerprint density at radius 3 is 0.429 bits per heavy atom. The van der Waals surface area contributed by atoms with E-state index in [1.54, 1.807) is 0 Å². The van der Waals surface area contributed by atoms with Crippen molar-refractivity contribution in [1.29, 1.82) is 0 Å². The second-order valence-electron chi connectivity index (χ2n) is 15.4. The van der Waals surface area contributed by atoms with E-state index in [1.807, 2.05) is 0 Å². The van der Waals surface area contributed by atoms with Crippen LogP contribution < -0.4 is 42.4 Å². The molecule has 0 heterocycles. The van der Waals surface area contributed by atoms with Gasteiger partial charge in [-0.3, -0.25) is 0 Å². The predicted molar refractivity (Wildman–Crippen MR) is 283 cm³/mol. The first-order chi connectivity index (χ1) is 30.8. The summed E-state index contributed by atoms with van der Waals surface area (Å²) in [5.74, 6) is 0. The maximum Gasteiger partial charge on any atom is 0 e. The molecule has 8 aromatic rings. The molecule has 8 rings (SSSR count). The zero-order chi connectivity index (χ0) is 42.3. The van der Waals surface area contributed by atoms with Crippen molar-refractivity contribution >= 4 is 74.1 Å². The molecule has 322 valence electrons. The first-order valence-corrected chi connectivity index (χ1v) is 28.4. The normalized spacial score (nSPS) is 11.0. The van der Waals surface area contributed by atoms with Crippen LogP contribution in [0, 0.1) is 0 Å². The number of hydrogen-bond donors (Lipinski definition) is 0. The predicted octanol–water partition coefficient (Wildman–Crippen LogP) is 12.8. The minimum atomic E-state index is -0.265. The number of unbranched alkanes of at least 4 members (excludes halogenated alkanes) is 4. The van der Waals surface area contributed by atoms with E-state index in [0.29, 0.717) is 0 Å². The van der Waals surface area contributed by atoms with Crippen LogP contribution in [0.5, 0.6) is 0 Å². The molecule has 0 N–H and O–H groups in total. The van der Waals surface area contributed by atoms with Crippen LogP contribution in [0.1, 0.15) is 38.5 Å². The van der Waals surface area contributed by atoms with Crippen LogP contribution in [0.3, 0.4) is 0 Å². The van der Waals surface area contributed by atoms with E-state index in [2.05, 4.69) is 243 Å². The van der Waals surface area contributed by atoms with E-state index < -0.39 is 0 Å². The minimum Gasteiger partial charge on any atom is -0.0622 e. The molecule has 0 aliphatic rings. The summed E-state index contributed by atoms with van der Waals surface area (Å²) in [6.45, 7) is 0. The summed E-state index contributed by atoms with van der Waals surface area (Å²) in [4.78, 5) is 0. The van der Waals surface area contributed by atoms with Crippen LogP contribution in [0.25, 0.3) is 0 Å². The molecular weight excluding hydrogens is 927 g/mol. The Bertz CT molecular complexity index is 1850. The zero-order valence-electron chi connectivity index (χ0n) is 36.3. The molecular formula is C58H60P4Pd. The van der Waals surface area contributed by atoms with E-state index >= 15 is 0 Å². The third kappa shape index (κ3) is 15.7. The molecule has 0 unspecified atom stereocenters. The zero-order valence-corrected chi connectivity index (χ0v) is 41.4. The van der Waals surface area contributed by atoms with Crippen LogP contribution in [0.15, 0.2) is 243 Å². The summed E-state index contributed by atoms with van der Waals surface area (Å²) in [6.07, 6.45) is 12.9. The topological polar surface area (TPSA) is 0 Å². The number of hydrogen-bond acceptors (Lipinski definition) is 0. The molecule has 0 aliphatic carbocycles. The van der Waals surface area contributed by atoms with Crippen LogP contribution in [0.4, 0.5) is 0 Å². The van der Waals surface area contributed by atoms with Gasteiger partial charge in [0.2, 0.25) is 0 Å². The Kier molecular flexibility index (Phi) is 21.7. The summed E-state index contributed by atoms with van der Waals surface area (Å²) in [7, 11) is -1.06. The fraction of sp³-hybridized carbons (Fsp3) is 0.172. The average Bonchev–Trinajstić information content (AvgIpc) is 3.36. The molecule has 0 aromatic heterocycles. The van der Waals surface area contributed by atoms with E-state index in [9.17, 15) is 0 Å². The van der Waals surface area contributed by atoms with Crippen molar-refractivity contribution in [2.75, 3.05) is 24.6 Å². The molecule has 63 heavy (non-hydrogen) atoms. The van der Waals surface area contributed by atoms with Crippen LogP contribution in [-0.4, -0.2) is 24.6 Å². The summed E-state index contributed by atoms with van der Waals surface area (Å²) in [5, 5.41) is 12.0. The number of rotatable bonds is 20. The monoisotopic (exact) mass is 986 g/mol. The Hall–Kier alpha value is -3.86. The van der Waals surface area contributed by atoms with Crippen molar-refractivity contribution in [3.63, 3.8) is 0 Å². The van der Waals surface area contributed by atoms with Gasteiger partial charge in [-0.05, 0) is 124 Å². The van der Waals surface area contributed by atoms with Gasteiger partial charge in [-0.25, -0.2) is 0 Å². The quantitative estimate of drug-likeness (QED) is 0.0406. The fourth-order valence-corrected chi connectivity index (χ4v) is 17.6. The van der Waals surface area contributed by atoms with Gasteiger partial charge in [0.1, 0.15) is 0 Å². The van der Waals surface area contributed by atoms with Gasteiger partial charge in [0, 0.05) is 20.4 Å². The molecule has 0 fully saturated rings. The van der Waals surface area contributed by atoms with Crippen molar-refractivity contribution in [1.82, 2.24) is 0 Å². The van der Waals surface area contributed by atoms with Gasteiger partial charge in [-0.1, -0.05) is 255 Å². The van der Waals surface area contributed by atoms with Crippen LogP contribution in [0.2, 0.25) is 0 Å². The second kappa shape index (κ2) is 28.1. The Labute approximate surface area is 397 Å². The molecule has 0 aliphatic heterocycles. The first-order valence-electron chi connectivity index (χ1n) is 22.3. The largest absolute Gasteiger partial charge is 0.0622 e. The Balaban J connectivity index is 0.000000206. The first kappa shape index (κ1) is 48.6. The van der Waals surface area contributed by atoms with Gasteiger partial charge >= 0.3 is 0 Å². The maximum atomic E-state index is 2.31. The molecule has 0 spiro atoms. The molecule has 8 aromatic carbocycles. The molecule has 0 radical (unpaired) electrons. The summed E-state index contributed by atoms with van der Waals surface area (Å²) < 4.78 is 0. The SMILES string of the molecule is [Pd].c1ccc(P(CCCCCP(c2ccccc2)c2ccccc2)c2ccccc2)cc1.c1ccc(P(CCCCCP(c2ccccc2)c2ccccc2)c2ccccc2)cc1. The van der Waals surface area contributed by atoms with Gasteiger partial charge in [0.05, 0.1) is 0 Å². The molecule has 0 saturated heterocycles. The Morgan fingerprint density at radius 2 is 0.302 bits per heavy atom. The maximum absolute atomic E-state index is 2.31. The van der Waals surface area contributed by atoms with Gasteiger partial charge < -0.3 is 0 Å². The van der Waals surface area contributed by atoms with Gasteiger partial charge in [0.25, 0.3) is 0 Å². The van der Waals surface area contributed by atoms with Crippen molar-refractivity contribution in [3.05, 3.63) is 243 Å². The Morgan fingerprint density at radius 1 is 0.175 bits per heavy atom. The van der Waals surface area contributed by atoms with E-state index in [1.165, 1.54) is 106 Å². The number of benzene rings is 8. The van der Waals surface area contributed by atoms with Gasteiger partial charge in [-0.2, -0.15) is 0 Å². The van der Waals surface area contributed by atoms with Gasteiger partial charge in [0.15, 0.2) is 0 Å². The summed E-state index contributed by atoms with van der Waals surface area (Å²) in [5.41, 5.74) is 0. The molecule has 0 bridgehead atoms. The summed E-state index contributed by atoms with van der Waals surface area (Å²) >= 11 is 0. The summed E-state index contributed by atoms with van der Waals surface area (Å²) in [6, 6.07) is 88.8. The van der Waals surface area contributed by atoms with Crippen molar-refractivity contribution in [2.24, 2.45) is 0 Å². The van der Waals surface area contributed by atoms with E-state index in [0.717, 1.165) is 0 Å². The smallest absolute Gasteiger partial charge is 0 e. The fourth-order valence-electron chi connectivity index (χ4n) is 7.93. The molecule has 0 saturated carbocycles. The second-order valence-corrected chi connectivity index (χ2v) is 24.8. The standard InChI is InChI=1S/2C29H30P2.Pd/c2*1-6-16-26(17-7-1)30(27-18-8-2-9-19-27)24-14-5-15-25-31(28-20-10-3-11-21-28)29-22-12-4-13-23-29;/h2*1-4,6-13,16-23H,5,14-15,24-25H2;. The third-order valence-corrected chi connectivity index (χ3v) is 21.5.